The third kappa shape index (κ3) is 9.65. The molecule has 0 aromatic heterocycles. The molecule has 2 unspecified atom stereocenters. The predicted molar refractivity (Wildman–Crippen MR) is 147 cm³/mol. The SMILES string of the molecule is Cc1ccc(C[C@H](NC(=O)C2OC2C(=O)NCCCCCCO)C(=O)N[C@@H](Cc2ccc(O)cc2)C(N)=O)cc1. The van der Waals surface area contributed by atoms with E-state index in [9.17, 15) is 24.3 Å². The lowest BCUT2D eigenvalue weighted by molar-refractivity contribution is -0.131. The fourth-order valence-electron chi connectivity index (χ4n) is 4.20. The summed E-state index contributed by atoms with van der Waals surface area (Å²) in [7, 11) is 0. The van der Waals surface area contributed by atoms with Crippen LogP contribution in [-0.2, 0) is 36.8 Å². The number of carbonyl (C=O) groups is 4. The van der Waals surface area contributed by atoms with Crippen molar-refractivity contribution >= 4 is 23.6 Å². The van der Waals surface area contributed by atoms with Crippen LogP contribution in [0.3, 0.4) is 0 Å². The van der Waals surface area contributed by atoms with Gasteiger partial charge in [-0.05, 0) is 43.0 Å². The molecule has 0 aliphatic carbocycles. The van der Waals surface area contributed by atoms with Crippen molar-refractivity contribution in [3.63, 3.8) is 0 Å². The van der Waals surface area contributed by atoms with Gasteiger partial charge in [0.2, 0.25) is 11.8 Å². The third-order valence-corrected chi connectivity index (χ3v) is 6.62. The molecule has 4 amide bonds. The molecule has 1 heterocycles. The second-order valence-electron chi connectivity index (χ2n) is 9.99. The first-order chi connectivity index (χ1) is 19.2. The van der Waals surface area contributed by atoms with Crippen molar-refractivity contribution in [3.8, 4) is 5.75 Å². The number of aryl methyl sites for hydroxylation is 1. The van der Waals surface area contributed by atoms with E-state index in [1.165, 1.54) is 12.1 Å². The van der Waals surface area contributed by atoms with Crippen LogP contribution in [0.1, 0.15) is 42.4 Å². The Bertz CT molecular complexity index is 1150. The number of aromatic hydroxyl groups is 1. The molecule has 0 spiro atoms. The molecule has 1 aliphatic rings. The molecule has 3 rings (SSSR count). The zero-order valence-electron chi connectivity index (χ0n) is 22.6. The molecule has 2 aromatic rings. The van der Waals surface area contributed by atoms with Gasteiger partial charge in [0.1, 0.15) is 17.8 Å². The number of benzene rings is 2. The Labute approximate surface area is 233 Å². The minimum absolute atomic E-state index is 0.0663. The second kappa shape index (κ2) is 15.0. The van der Waals surface area contributed by atoms with Crippen LogP contribution in [0.2, 0.25) is 0 Å². The number of primary amides is 1. The Hall–Kier alpha value is -3.96. The Morgan fingerprint density at radius 2 is 1.40 bits per heavy atom. The quantitative estimate of drug-likeness (QED) is 0.128. The number of aliphatic hydroxyl groups excluding tert-OH is 1. The normalized spacial score (nSPS) is 17.4. The second-order valence-corrected chi connectivity index (χ2v) is 9.99. The average molecular weight is 555 g/mol. The van der Waals surface area contributed by atoms with Crippen molar-refractivity contribution in [2.24, 2.45) is 5.73 Å². The molecular weight excluding hydrogens is 516 g/mol. The lowest BCUT2D eigenvalue weighted by Gasteiger charge is -2.22. The highest BCUT2D eigenvalue weighted by Gasteiger charge is 2.50. The Morgan fingerprint density at radius 3 is 2.02 bits per heavy atom. The molecule has 11 nitrogen and oxygen atoms in total. The van der Waals surface area contributed by atoms with E-state index in [4.69, 9.17) is 15.6 Å². The van der Waals surface area contributed by atoms with Crippen LogP contribution in [0.15, 0.2) is 48.5 Å². The number of phenols is 1. The van der Waals surface area contributed by atoms with E-state index < -0.39 is 47.9 Å². The Balaban J connectivity index is 1.61. The van der Waals surface area contributed by atoms with Crippen molar-refractivity contribution < 1.29 is 34.1 Å². The number of phenolic OH excluding ortho intramolecular Hbond substituents is 1. The molecule has 216 valence electrons. The molecule has 40 heavy (non-hydrogen) atoms. The fourth-order valence-corrected chi connectivity index (χ4v) is 4.20. The summed E-state index contributed by atoms with van der Waals surface area (Å²) in [6.07, 6.45) is 1.48. The summed E-state index contributed by atoms with van der Waals surface area (Å²) in [6, 6.07) is 11.5. The number of hydrogen-bond acceptors (Lipinski definition) is 7. The molecular formula is C29H38N4O7. The van der Waals surface area contributed by atoms with E-state index in [1.54, 1.807) is 12.1 Å². The summed E-state index contributed by atoms with van der Waals surface area (Å²) < 4.78 is 5.31. The third-order valence-electron chi connectivity index (χ3n) is 6.62. The summed E-state index contributed by atoms with van der Waals surface area (Å²) in [5, 5.41) is 26.4. The first kappa shape index (κ1) is 30.6. The van der Waals surface area contributed by atoms with Gasteiger partial charge < -0.3 is 36.6 Å². The van der Waals surface area contributed by atoms with Crippen molar-refractivity contribution in [1.29, 1.82) is 0 Å². The minimum Gasteiger partial charge on any atom is -0.508 e. The molecule has 0 saturated carbocycles. The lowest BCUT2D eigenvalue weighted by Crippen LogP contribution is -2.55. The maximum atomic E-state index is 13.3. The minimum atomic E-state index is -1.06. The van der Waals surface area contributed by atoms with Crippen LogP contribution < -0.4 is 21.7 Å². The Kier molecular flexibility index (Phi) is 11.5. The highest BCUT2D eigenvalue weighted by molar-refractivity contribution is 5.97. The zero-order valence-corrected chi connectivity index (χ0v) is 22.6. The molecule has 0 radical (unpaired) electrons. The number of aliphatic hydroxyl groups is 1. The molecule has 1 aliphatic heterocycles. The standard InChI is InChI=1S/C29H38N4O7/c1-18-6-8-19(9-7-18)17-23(27(37)32-22(26(30)36)16-20-10-12-21(35)13-11-20)33-29(39)25-24(40-25)28(38)31-14-4-2-3-5-15-34/h6-13,22-25,34-35H,2-5,14-17H2,1H3,(H2,30,36)(H,31,38)(H,32,37)(H,33,39)/t22-,23-,24?,25?/m0/s1. The highest BCUT2D eigenvalue weighted by Crippen LogP contribution is 2.23. The maximum Gasteiger partial charge on any atom is 0.253 e. The number of rotatable bonds is 16. The van der Waals surface area contributed by atoms with Gasteiger partial charge in [0, 0.05) is 26.0 Å². The lowest BCUT2D eigenvalue weighted by atomic mass is 10.0. The number of unbranched alkanes of at least 4 members (excludes halogenated alkanes) is 3. The summed E-state index contributed by atoms with van der Waals surface area (Å²) in [5.74, 6) is -2.30. The number of nitrogens with two attached hydrogens (primary N) is 1. The van der Waals surface area contributed by atoms with Crippen molar-refractivity contribution in [3.05, 3.63) is 65.2 Å². The topological polar surface area (TPSA) is 183 Å². The van der Waals surface area contributed by atoms with E-state index in [-0.39, 0.29) is 25.2 Å². The first-order valence-corrected chi connectivity index (χ1v) is 13.5. The molecule has 4 atom stereocenters. The van der Waals surface area contributed by atoms with Gasteiger partial charge in [-0.25, -0.2) is 0 Å². The van der Waals surface area contributed by atoms with E-state index in [2.05, 4.69) is 16.0 Å². The van der Waals surface area contributed by atoms with Gasteiger partial charge in [0.25, 0.3) is 11.8 Å². The number of carbonyl (C=O) groups excluding carboxylic acids is 4. The van der Waals surface area contributed by atoms with Gasteiger partial charge in [0.05, 0.1) is 0 Å². The largest absolute Gasteiger partial charge is 0.508 e. The van der Waals surface area contributed by atoms with Crippen LogP contribution in [0, 0.1) is 6.92 Å². The van der Waals surface area contributed by atoms with Crippen molar-refractivity contribution in [2.45, 2.75) is 69.7 Å². The van der Waals surface area contributed by atoms with E-state index in [0.717, 1.165) is 36.8 Å². The highest BCUT2D eigenvalue weighted by atomic mass is 16.6. The van der Waals surface area contributed by atoms with Crippen LogP contribution in [0.4, 0.5) is 0 Å². The molecule has 1 saturated heterocycles. The number of amides is 4. The molecule has 7 N–H and O–H groups in total. The van der Waals surface area contributed by atoms with Crippen molar-refractivity contribution in [1.82, 2.24) is 16.0 Å². The number of epoxide rings is 1. The van der Waals surface area contributed by atoms with Crippen molar-refractivity contribution in [2.75, 3.05) is 13.2 Å². The van der Waals surface area contributed by atoms with Gasteiger partial charge in [-0.1, -0.05) is 54.8 Å². The summed E-state index contributed by atoms with van der Waals surface area (Å²) >= 11 is 0. The van der Waals surface area contributed by atoms with Gasteiger partial charge in [0.15, 0.2) is 12.2 Å². The number of hydrogen-bond donors (Lipinski definition) is 6. The van der Waals surface area contributed by atoms with Crippen LogP contribution in [0.5, 0.6) is 5.75 Å². The van der Waals surface area contributed by atoms with Gasteiger partial charge in [-0.3, -0.25) is 19.2 Å². The van der Waals surface area contributed by atoms with Crippen LogP contribution in [-0.4, -0.2) is 71.3 Å². The number of ether oxygens (including phenoxy) is 1. The molecule has 11 heteroatoms. The maximum absolute atomic E-state index is 13.3. The molecule has 0 bridgehead atoms. The molecule has 2 aromatic carbocycles. The number of nitrogens with one attached hydrogen (secondary N) is 3. The summed E-state index contributed by atoms with van der Waals surface area (Å²) in [4.78, 5) is 50.7. The van der Waals surface area contributed by atoms with Gasteiger partial charge in [-0.2, -0.15) is 0 Å². The summed E-state index contributed by atoms with van der Waals surface area (Å²) in [5.41, 5.74) is 8.04. The fraction of sp³-hybridized carbons (Fsp3) is 0.448. The van der Waals surface area contributed by atoms with Crippen LogP contribution >= 0.6 is 0 Å². The monoisotopic (exact) mass is 554 g/mol. The van der Waals surface area contributed by atoms with Crippen LogP contribution in [0.25, 0.3) is 0 Å². The van der Waals surface area contributed by atoms with E-state index in [1.807, 2.05) is 31.2 Å². The predicted octanol–water partition coefficient (Wildman–Crippen LogP) is 0.377. The smallest absolute Gasteiger partial charge is 0.253 e. The average Bonchev–Trinajstić information content (AvgIpc) is 3.73. The summed E-state index contributed by atoms with van der Waals surface area (Å²) in [6.45, 7) is 2.51. The van der Waals surface area contributed by atoms with Gasteiger partial charge >= 0.3 is 0 Å². The first-order valence-electron chi connectivity index (χ1n) is 13.5. The van der Waals surface area contributed by atoms with E-state index >= 15 is 0 Å². The Morgan fingerprint density at radius 1 is 0.825 bits per heavy atom. The molecule has 1 fully saturated rings. The zero-order chi connectivity index (χ0) is 29.1. The van der Waals surface area contributed by atoms with E-state index in [0.29, 0.717) is 12.1 Å². The van der Waals surface area contributed by atoms with Gasteiger partial charge in [-0.15, -0.1) is 0 Å².